The van der Waals surface area contributed by atoms with Crippen molar-refractivity contribution in [2.24, 2.45) is 5.41 Å². The number of alkyl halides is 1. The number of rotatable bonds is 4. The Morgan fingerprint density at radius 1 is 1.50 bits per heavy atom. The molecule has 0 heterocycles. The predicted octanol–water partition coefficient (Wildman–Crippen LogP) is 2.51. The van der Waals surface area contributed by atoms with Crippen LogP contribution in [-0.4, -0.2) is 25.4 Å². The number of ether oxygens (including phenoxy) is 1. The summed E-state index contributed by atoms with van der Waals surface area (Å²) in [6.07, 6.45) is -0.210. The number of hydrogen-bond acceptors (Lipinski definition) is 2. The van der Waals surface area contributed by atoms with Crippen molar-refractivity contribution in [3.8, 4) is 0 Å². The summed E-state index contributed by atoms with van der Waals surface area (Å²) in [7, 11) is 0. The molecule has 0 aliphatic rings. The van der Waals surface area contributed by atoms with Crippen molar-refractivity contribution >= 4 is 6.09 Å². The first-order chi connectivity index (χ1) is 6.38. The second-order valence-electron chi connectivity index (χ2n) is 4.41. The van der Waals surface area contributed by atoms with Crippen LogP contribution < -0.4 is 5.32 Å². The number of carbonyl (C=O) groups is 1. The van der Waals surface area contributed by atoms with Crippen LogP contribution in [0.1, 0.15) is 34.1 Å². The fourth-order valence-corrected chi connectivity index (χ4v) is 0.654. The first kappa shape index (κ1) is 13.2. The molecular formula is C10H20FNO2. The van der Waals surface area contributed by atoms with Gasteiger partial charge in [0.25, 0.3) is 0 Å². The molecule has 1 amide bonds. The normalized spacial score (nSPS) is 13.5. The average Bonchev–Trinajstić information content (AvgIpc) is 2.03. The van der Waals surface area contributed by atoms with Crippen LogP contribution in [0.15, 0.2) is 0 Å². The molecule has 0 spiro atoms. The SMILES string of the molecule is CC(NC(=O)OCCCF)C(C)(C)C. The van der Waals surface area contributed by atoms with E-state index in [9.17, 15) is 9.18 Å². The van der Waals surface area contributed by atoms with E-state index in [1.807, 2.05) is 27.7 Å². The minimum atomic E-state index is -0.471. The molecule has 0 saturated heterocycles. The maximum Gasteiger partial charge on any atom is 0.407 e. The van der Waals surface area contributed by atoms with Crippen molar-refractivity contribution in [3.05, 3.63) is 0 Å². The zero-order valence-electron chi connectivity index (χ0n) is 9.39. The molecule has 1 N–H and O–H groups in total. The number of carbonyl (C=O) groups excluding carboxylic acids is 1. The van der Waals surface area contributed by atoms with Crippen LogP contribution in [0.2, 0.25) is 0 Å². The Morgan fingerprint density at radius 3 is 2.50 bits per heavy atom. The summed E-state index contributed by atoms with van der Waals surface area (Å²) in [6, 6.07) is 0.0281. The molecule has 0 radical (unpaired) electrons. The third kappa shape index (κ3) is 5.78. The minimum Gasteiger partial charge on any atom is -0.449 e. The molecule has 1 unspecified atom stereocenters. The van der Waals surface area contributed by atoms with Gasteiger partial charge in [-0.3, -0.25) is 4.39 Å². The van der Waals surface area contributed by atoms with Gasteiger partial charge < -0.3 is 10.1 Å². The molecule has 0 aromatic rings. The minimum absolute atomic E-state index is 0.000883. The third-order valence-corrected chi connectivity index (χ3v) is 2.14. The van der Waals surface area contributed by atoms with Crippen molar-refractivity contribution in [3.63, 3.8) is 0 Å². The van der Waals surface area contributed by atoms with Crippen molar-refractivity contribution in [2.45, 2.75) is 40.2 Å². The van der Waals surface area contributed by atoms with E-state index in [1.54, 1.807) is 0 Å². The van der Waals surface area contributed by atoms with Crippen molar-refractivity contribution < 1.29 is 13.9 Å². The fourth-order valence-electron chi connectivity index (χ4n) is 0.654. The topological polar surface area (TPSA) is 38.3 Å². The number of amides is 1. The second-order valence-corrected chi connectivity index (χ2v) is 4.41. The van der Waals surface area contributed by atoms with Gasteiger partial charge in [-0.1, -0.05) is 20.8 Å². The molecule has 14 heavy (non-hydrogen) atoms. The van der Waals surface area contributed by atoms with Crippen LogP contribution in [0.3, 0.4) is 0 Å². The van der Waals surface area contributed by atoms with E-state index in [1.165, 1.54) is 0 Å². The highest BCUT2D eigenvalue weighted by Gasteiger charge is 2.21. The van der Waals surface area contributed by atoms with Crippen LogP contribution in [-0.2, 0) is 4.74 Å². The summed E-state index contributed by atoms with van der Waals surface area (Å²) < 4.78 is 16.4. The molecule has 0 bridgehead atoms. The Balaban J connectivity index is 3.72. The van der Waals surface area contributed by atoms with Crippen molar-refractivity contribution in [2.75, 3.05) is 13.3 Å². The third-order valence-electron chi connectivity index (χ3n) is 2.14. The maximum atomic E-state index is 11.7. The lowest BCUT2D eigenvalue weighted by molar-refractivity contribution is 0.130. The van der Waals surface area contributed by atoms with Gasteiger partial charge in [-0.2, -0.15) is 0 Å². The Hall–Kier alpha value is -0.800. The van der Waals surface area contributed by atoms with Gasteiger partial charge in [0.2, 0.25) is 0 Å². The van der Waals surface area contributed by atoms with Crippen molar-refractivity contribution in [1.29, 1.82) is 0 Å². The quantitative estimate of drug-likeness (QED) is 0.716. The Labute approximate surface area is 85.0 Å². The largest absolute Gasteiger partial charge is 0.449 e. The molecule has 0 aromatic carbocycles. The molecule has 4 heteroatoms. The summed E-state index contributed by atoms with van der Waals surface area (Å²) in [5.41, 5.74) is -0.000883. The first-order valence-corrected chi connectivity index (χ1v) is 4.87. The number of hydrogen-bond donors (Lipinski definition) is 1. The highest BCUT2D eigenvalue weighted by Crippen LogP contribution is 2.18. The monoisotopic (exact) mass is 205 g/mol. The lowest BCUT2D eigenvalue weighted by Crippen LogP contribution is -2.41. The van der Waals surface area contributed by atoms with Gasteiger partial charge in [0.05, 0.1) is 13.3 Å². The summed E-state index contributed by atoms with van der Waals surface area (Å²) in [5.74, 6) is 0. The van der Waals surface area contributed by atoms with Crippen LogP contribution in [0.5, 0.6) is 0 Å². The van der Waals surface area contributed by atoms with E-state index in [4.69, 9.17) is 4.74 Å². The van der Waals surface area contributed by atoms with Gasteiger partial charge in [0.1, 0.15) is 0 Å². The van der Waals surface area contributed by atoms with E-state index >= 15 is 0 Å². The molecular weight excluding hydrogens is 185 g/mol. The lowest BCUT2D eigenvalue weighted by Gasteiger charge is -2.27. The molecule has 0 rings (SSSR count). The van der Waals surface area contributed by atoms with Crippen LogP contribution in [0.4, 0.5) is 9.18 Å². The second kappa shape index (κ2) is 5.83. The van der Waals surface area contributed by atoms with Gasteiger partial charge in [-0.05, 0) is 12.3 Å². The Kier molecular flexibility index (Phi) is 5.50. The summed E-state index contributed by atoms with van der Waals surface area (Å²) >= 11 is 0. The maximum absolute atomic E-state index is 11.7. The Bertz CT molecular complexity index is 177. The van der Waals surface area contributed by atoms with Crippen LogP contribution >= 0.6 is 0 Å². The van der Waals surface area contributed by atoms with Crippen molar-refractivity contribution in [1.82, 2.24) is 5.32 Å². The Morgan fingerprint density at radius 2 is 2.07 bits per heavy atom. The molecule has 0 aliphatic carbocycles. The van der Waals surface area contributed by atoms with E-state index in [2.05, 4.69) is 5.32 Å². The molecule has 3 nitrogen and oxygen atoms in total. The van der Waals surface area contributed by atoms with Gasteiger partial charge in [-0.15, -0.1) is 0 Å². The summed E-state index contributed by atoms with van der Waals surface area (Å²) in [5, 5.41) is 2.70. The lowest BCUT2D eigenvalue weighted by atomic mass is 9.88. The number of alkyl carbamates (subject to hydrolysis) is 1. The summed E-state index contributed by atoms with van der Waals surface area (Å²) in [4.78, 5) is 11.1. The zero-order valence-corrected chi connectivity index (χ0v) is 9.39. The number of nitrogens with one attached hydrogen (secondary N) is 1. The average molecular weight is 205 g/mol. The van der Waals surface area contributed by atoms with E-state index in [0.29, 0.717) is 0 Å². The van der Waals surface area contributed by atoms with E-state index in [0.717, 1.165) is 0 Å². The fraction of sp³-hybridized carbons (Fsp3) is 0.900. The van der Waals surface area contributed by atoms with E-state index in [-0.39, 0.29) is 24.5 Å². The zero-order chi connectivity index (χ0) is 11.2. The summed E-state index contributed by atoms with van der Waals surface area (Å²) in [6.45, 7) is 7.68. The molecule has 0 aromatic heterocycles. The van der Waals surface area contributed by atoms with Gasteiger partial charge in [0, 0.05) is 12.5 Å². The smallest absolute Gasteiger partial charge is 0.407 e. The van der Waals surface area contributed by atoms with Crippen LogP contribution in [0, 0.1) is 5.41 Å². The standard InChI is InChI=1S/C10H20FNO2/c1-8(10(2,3)4)12-9(13)14-7-5-6-11/h8H,5-7H2,1-4H3,(H,12,13). The van der Waals surface area contributed by atoms with Gasteiger partial charge >= 0.3 is 6.09 Å². The predicted molar refractivity (Wildman–Crippen MR) is 54.0 cm³/mol. The van der Waals surface area contributed by atoms with E-state index < -0.39 is 12.8 Å². The van der Waals surface area contributed by atoms with Crippen LogP contribution in [0.25, 0.3) is 0 Å². The number of halogens is 1. The molecule has 0 aliphatic heterocycles. The first-order valence-electron chi connectivity index (χ1n) is 4.87. The highest BCUT2D eigenvalue weighted by atomic mass is 19.1. The molecule has 0 fully saturated rings. The molecule has 1 atom stereocenters. The van der Waals surface area contributed by atoms with Gasteiger partial charge in [-0.25, -0.2) is 4.79 Å². The highest BCUT2D eigenvalue weighted by molar-refractivity contribution is 5.67. The molecule has 0 saturated carbocycles. The molecule has 84 valence electrons. The van der Waals surface area contributed by atoms with Gasteiger partial charge in [0.15, 0.2) is 0 Å².